The van der Waals surface area contributed by atoms with Crippen molar-refractivity contribution in [3.63, 3.8) is 0 Å². The van der Waals surface area contributed by atoms with Crippen molar-refractivity contribution in [2.24, 2.45) is 0 Å². The second-order valence-corrected chi connectivity index (χ2v) is 9.45. The number of benzene rings is 2. The highest BCUT2D eigenvalue weighted by Crippen LogP contribution is 2.40. The highest BCUT2D eigenvalue weighted by Gasteiger charge is 2.27. The zero-order chi connectivity index (χ0) is 22.6. The van der Waals surface area contributed by atoms with Gasteiger partial charge in [0, 0.05) is 0 Å². The van der Waals surface area contributed by atoms with Crippen molar-refractivity contribution >= 4 is 26.1 Å². The molecule has 6 nitrogen and oxygen atoms in total. The minimum atomic E-state index is -0.697. The first-order valence-corrected chi connectivity index (χ1v) is 11.9. The third-order valence-electron chi connectivity index (χ3n) is 4.55. The first kappa shape index (κ1) is 22.9. The molecular formula is C24H27O6P. The molecule has 0 N–H and O–H groups in total. The molecule has 0 saturated heterocycles. The molecule has 0 atom stereocenters. The Labute approximate surface area is 184 Å². The number of carbonyl (C=O) groups is 1. The van der Waals surface area contributed by atoms with Crippen LogP contribution < -0.4 is 19.1 Å². The minimum Gasteiger partial charge on any atom is -0.496 e. The van der Waals surface area contributed by atoms with Crippen LogP contribution in [0.2, 0.25) is 0 Å². The standard InChI is InChI=1S/C24H27O6P/c1-24(2)14-13-18-20(26-3)12-9-17(23(18)28-24)19(25)10-7-16-8-11-21(27-4)22(15-16)29-30-31(5)6/h7-15H,1-6H3/b10-7+. The van der Waals surface area contributed by atoms with Gasteiger partial charge in [0.2, 0.25) is 5.75 Å². The molecule has 1 heterocycles. The minimum absolute atomic E-state index is 0.176. The van der Waals surface area contributed by atoms with E-state index in [1.54, 1.807) is 44.6 Å². The third kappa shape index (κ3) is 5.46. The predicted octanol–water partition coefficient (Wildman–Crippen LogP) is 5.75. The molecule has 1 aliphatic heterocycles. The first-order valence-electron chi connectivity index (χ1n) is 9.75. The summed E-state index contributed by atoms with van der Waals surface area (Å²) in [5.41, 5.74) is 1.49. The second-order valence-electron chi connectivity index (χ2n) is 7.68. The lowest BCUT2D eigenvalue weighted by Gasteiger charge is -2.29. The van der Waals surface area contributed by atoms with E-state index in [4.69, 9.17) is 23.8 Å². The SMILES string of the molecule is COc1ccc(/C=C/C(=O)c2ccc(OC)c3c2OC(C)(C)C=C3)cc1OOP(C)C. The average Bonchev–Trinajstić information content (AvgIpc) is 2.74. The van der Waals surface area contributed by atoms with Crippen LogP contribution >= 0.6 is 8.15 Å². The molecule has 2 aromatic rings. The van der Waals surface area contributed by atoms with E-state index in [1.807, 2.05) is 45.4 Å². The Morgan fingerprint density at radius 1 is 1.03 bits per heavy atom. The Morgan fingerprint density at radius 3 is 2.42 bits per heavy atom. The van der Waals surface area contributed by atoms with E-state index in [9.17, 15) is 4.79 Å². The van der Waals surface area contributed by atoms with Crippen molar-refractivity contribution in [1.82, 2.24) is 0 Å². The predicted molar refractivity (Wildman–Crippen MR) is 124 cm³/mol. The maximum absolute atomic E-state index is 13.0. The summed E-state index contributed by atoms with van der Waals surface area (Å²) in [4.78, 5) is 18.4. The van der Waals surface area contributed by atoms with Crippen LogP contribution in [-0.4, -0.2) is 38.9 Å². The van der Waals surface area contributed by atoms with E-state index < -0.39 is 13.7 Å². The fourth-order valence-corrected chi connectivity index (χ4v) is 3.27. The van der Waals surface area contributed by atoms with E-state index in [1.165, 1.54) is 6.08 Å². The van der Waals surface area contributed by atoms with E-state index in [2.05, 4.69) is 0 Å². The fourth-order valence-electron chi connectivity index (χ4n) is 3.04. The van der Waals surface area contributed by atoms with E-state index in [0.29, 0.717) is 28.6 Å². The molecule has 3 rings (SSSR count). The van der Waals surface area contributed by atoms with Crippen molar-refractivity contribution in [3.05, 3.63) is 59.2 Å². The maximum Gasteiger partial charge on any atom is 0.208 e. The molecule has 0 aromatic heterocycles. The molecule has 164 valence electrons. The van der Waals surface area contributed by atoms with Gasteiger partial charge in [0.1, 0.15) is 17.1 Å². The summed E-state index contributed by atoms with van der Waals surface area (Å²) in [5.74, 6) is 2.00. The number of ketones is 1. The largest absolute Gasteiger partial charge is 0.496 e. The summed E-state index contributed by atoms with van der Waals surface area (Å²) in [6, 6.07) is 8.86. The number of rotatable bonds is 8. The maximum atomic E-state index is 13.0. The van der Waals surface area contributed by atoms with Crippen LogP contribution in [0, 0.1) is 0 Å². The zero-order valence-electron chi connectivity index (χ0n) is 18.6. The van der Waals surface area contributed by atoms with Crippen LogP contribution in [0.1, 0.15) is 35.3 Å². The number of hydrogen-bond acceptors (Lipinski definition) is 6. The van der Waals surface area contributed by atoms with Crippen LogP contribution in [0.4, 0.5) is 0 Å². The molecule has 0 aliphatic carbocycles. The number of carbonyl (C=O) groups excluding carboxylic acids is 1. The molecule has 7 heteroatoms. The van der Waals surface area contributed by atoms with Crippen molar-refractivity contribution in [2.45, 2.75) is 19.4 Å². The Kier molecular flexibility index (Phi) is 7.04. The smallest absolute Gasteiger partial charge is 0.208 e. The Morgan fingerprint density at radius 2 is 1.74 bits per heavy atom. The Balaban J connectivity index is 1.89. The van der Waals surface area contributed by atoms with Gasteiger partial charge in [-0.1, -0.05) is 12.1 Å². The summed E-state index contributed by atoms with van der Waals surface area (Å²) < 4.78 is 22.1. The summed E-state index contributed by atoms with van der Waals surface area (Å²) in [6.07, 6.45) is 7.11. The molecule has 0 fully saturated rings. The number of fused-ring (bicyclic) bond motifs is 1. The van der Waals surface area contributed by atoms with Crippen molar-refractivity contribution in [2.75, 3.05) is 27.5 Å². The van der Waals surface area contributed by atoms with Gasteiger partial charge in [-0.15, -0.1) is 0 Å². The summed E-state index contributed by atoms with van der Waals surface area (Å²) in [5, 5.41) is 0. The van der Waals surface area contributed by atoms with Crippen LogP contribution in [-0.2, 0) is 4.67 Å². The van der Waals surface area contributed by atoms with Gasteiger partial charge in [-0.25, -0.2) is 0 Å². The van der Waals surface area contributed by atoms with Gasteiger partial charge in [-0.3, -0.25) is 4.79 Å². The number of ether oxygens (including phenoxy) is 3. The second kappa shape index (κ2) is 9.54. The summed E-state index contributed by atoms with van der Waals surface area (Å²) in [7, 11) is 2.46. The highest BCUT2D eigenvalue weighted by molar-refractivity contribution is 7.50. The average molecular weight is 442 g/mol. The van der Waals surface area contributed by atoms with Gasteiger partial charge < -0.3 is 19.1 Å². The monoisotopic (exact) mass is 442 g/mol. The van der Waals surface area contributed by atoms with E-state index in [0.717, 1.165) is 11.1 Å². The van der Waals surface area contributed by atoms with Gasteiger partial charge in [-0.2, -0.15) is 4.67 Å². The summed E-state index contributed by atoms with van der Waals surface area (Å²) in [6.45, 7) is 7.74. The third-order valence-corrected chi connectivity index (χ3v) is 4.92. The van der Waals surface area contributed by atoms with Gasteiger partial charge in [-0.05, 0) is 75.2 Å². The van der Waals surface area contributed by atoms with Crippen LogP contribution in [0.5, 0.6) is 23.0 Å². The topological polar surface area (TPSA) is 63.2 Å². The van der Waals surface area contributed by atoms with Crippen LogP contribution in [0.3, 0.4) is 0 Å². The van der Waals surface area contributed by atoms with Crippen LogP contribution in [0.25, 0.3) is 12.2 Å². The van der Waals surface area contributed by atoms with E-state index >= 15 is 0 Å². The first-order chi connectivity index (χ1) is 14.7. The van der Waals surface area contributed by atoms with E-state index in [-0.39, 0.29) is 5.78 Å². The van der Waals surface area contributed by atoms with Crippen molar-refractivity contribution in [3.8, 4) is 23.0 Å². The number of hydrogen-bond donors (Lipinski definition) is 0. The zero-order valence-corrected chi connectivity index (χ0v) is 19.5. The number of allylic oxidation sites excluding steroid dienone is 1. The molecule has 0 spiro atoms. The van der Waals surface area contributed by atoms with Gasteiger partial charge in [0.05, 0.1) is 33.5 Å². The fraction of sp³-hybridized carbons (Fsp3) is 0.292. The normalized spacial score (nSPS) is 14.3. The Hall–Kier alpha value is -2.82. The molecule has 0 saturated carbocycles. The number of methoxy groups -OCH3 is 2. The molecule has 2 aromatic carbocycles. The molecule has 0 unspecified atom stereocenters. The molecule has 0 bridgehead atoms. The van der Waals surface area contributed by atoms with Gasteiger partial charge in [0.25, 0.3) is 0 Å². The lowest BCUT2D eigenvalue weighted by atomic mass is 9.97. The quantitative estimate of drug-likeness (QED) is 0.171. The molecule has 0 radical (unpaired) electrons. The van der Waals surface area contributed by atoms with Crippen molar-refractivity contribution in [1.29, 1.82) is 0 Å². The Bertz CT molecular complexity index is 1020. The lowest BCUT2D eigenvalue weighted by molar-refractivity contribution is -0.0891. The van der Waals surface area contributed by atoms with Gasteiger partial charge >= 0.3 is 0 Å². The van der Waals surface area contributed by atoms with Crippen LogP contribution in [0.15, 0.2) is 42.5 Å². The summed E-state index contributed by atoms with van der Waals surface area (Å²) >= 11 is 0. The van der Waals surface area contributed by atoms with Crippen molar-refractivity contribution < 1.29 is 28.6 Å². The lowest BCUT2D eigenvalue weighted by Crippen LogP contribution is -2.28. The molecule has 0 amide bonds. The van der Waals surface area contributed by atoms with Gasteiger partial charge in [0.15, 0.2) is 11.5 Å². The molecular weight excluding hydrogens is 415 g/mol. The highest BCUT2D eigenvalue weighted by atomic mass is 31.1. The molecule has 1 aliphatic rings. The molecule has 31 heavy (non-hydrogen) atoms.